The third kappa shape index (κ3) is 2.37. The Labute approximate surface area is 113 Å². The summed E-state index contributed by atoms with van der Waals surface area (Å²) in [4.78, 5) is 7.39. The quantitative estimate of drug-likeness (QED) is 0.918. The minimum absolute atomic E-state index is 0.597. The lowest BCUT2D eigenvalue weighted by Crippen LogP contribution is -2.36. The Bertz CT molecular complexity index is 572. The van der Waals surface area contributed by atoms with Crippen LogP contribution in [0.2, 0.25) is 0 Å². The van der Waals surface area contributed by atoms with E-state index in [0.29, 0.717) is 5.92 Å². The topological polar surface area (TPSA) is 44.8 Å². The minimum Gasteiger partial charge on any atom is -0.302 e. The van der Waals surface area contributed by atoms with Gasteiger partial charge in [0.1, 0.15) is 0 Å². The zero-order valence-corrected chi connectivity index (χ0v) is 11.2. The largest absolute Gasteiger partial charge is 0.302 e. The van der Waals surface area contributed by atoms with Crippen molar-refractivity contribution < 1.29 is 0 Å². The molecule has 2 aliphatic rings. The number of hydrogen-bond acceptors (Lipinski definition) is 3. The summed E-state index contributed by atoms with van der Waals surface area (Å²) in [6.07, 6.45) is 7.30. The van der Waals surface area contributed by atoms with Crippen LogP contribution in [0.15, 0.2) is 18.3 Å². The molecule has 1 unspecified atom stereocenters. The molecule has 1 aliphatic carbocycles. The van der Waals surface area contributed by atoms with Crippen LogP contribution in [0.5, 0.6) is 0 Å². The van der Waals surface area contributed by atoms with Gasteiger partial charge in [-0.25, -0.2) is 4.98 Å². The number of fused-ring (bicyclic) bond motifs is 1. The minimum atomic E-state index is 0.597. The summed E-state index contributed by atoms with van der Waals surface area (Å²) in [6.45, 7) is 3.77. The molecule has 4 heteroatoms. The summed E-state index contributed by atoms with van der Waals surface area (Å²) < 4.78 is 0. The Hall–Kier alpha value is -1.42. The number of pyridine rings is 1. The van der Waals surface area contributed by atoms with Crippen LogP contribution < -0.4 is 0 Å². The van der Waals surface area contributed by atoms with Gasteiger partial charge in [0.25, 0.3) is 0 Å². The van der Waals surface area contributed by atoms with E-state index in [1.54, 1.807) is 0 Å². The first-order valence-electron chi connectivity index (χ1n) is 7.41. The number of likely N-dealkylation sites (tertiary alicyclic amines) is 1. The van der Waals surface area contributed by atoms with Crippen molar-refractivity contribution >= 4 is 11.0 Å². The summed E-state index contributed by atoms with van der Waals surface area (Å²) in [6, 6.07) is 4.32. The van der Waals surface area contributed by atoms with Gasteiger partial charge in [0, 0.05) is 30.1 Å². The Morgan fingerprint density at radius 1 is 1.26 bits per heavy atom. The van der Waals surface area contributed by atoms with Gasteiger partial charge in [0.05, 0.1) is 6.20 Å². The Kier molecular flexibility index (Phi) is 2.76. The molecule has 0 amide bonds. The van der Waals surface area contributed by atoms with Crippen molar-refractivity contribution in [2.24, 2.45) is 5.92 Å². The van der Waals surface area contributed by atoms with Crippen molar-refractivity contribution in [2.45, 2.75) is 31.6 Å². The van der Waals surface area contributed by atoms with Crippen LogP contribution in [-0.4, -0.2) is 39.7 Å². The van der Waals surface area contributed by atoms with Gasteiger partial charge in [0.15, 0.2) is 5.65 Å². The van der Waals surface area contributed by atoms with Gasteiger partial charge in [-0.1, -0.05) is 0 Å². The van der Waals surface area contributed by atoms with E-state index in [9.17, 15) is 0 Å². The second-order valence-corrected chi connectivity index (χ2v) is 6.09. The zero-order chi connectivity index (χ0) is 12.7. The zero-order valence-electron chi connectivity index (χ0n) is 11.2. The average molecular weight is 256 g/mol. The standard InChI is InChI=1S/C15H20N4/c1-2-13(10-19(7-1)9-11-3-4-11)14-6-5-12-8-16-18-15(12)17-14/h5-6,8,11,13H,1-4,7,9-10H2,(H,16,17,18). The van der Waals surface area contributed by atoms with E-state index in [1.807, 2.05) is 6.20 Å². The van der Waals surface area contributed by atoms with Crippen molar-refractivity contribution in [1.82, 2.24) is 20.1 Å². The van der Waals surface area contributed by atoms with Crippen molar-refractivity contribution in [2.75, 3.05) is 19.6 Å². The molecule has 1 saturated carbocycles. The number of H-pyrrole nitrogens is 1. The highest BCUT2D eigenvalue weighted by molar-refractivity contribution is 5.73. The molecule has 1 N–H and O–H groups in total. The molecule has 0 bridgehead atoms. The van der Waals surface area contributed by atoms with Crippen molar-refractivity contribution in [3.8, 4) is 0 Å². The van der Waals surface area contributed by atoms with Crippen LogP contribution in [0.4, 0.5) is 0 Å². The molecular formula is C15H20N4. The fourth-order valence-electron chi connectivity index (χ4n) is 3.20. The van der Waals surface area contributed by atoms with Gasteiger partial charge in [0.2, 0.25) is 0 Å². The molecular weight excluding hydrogens is 236 g/mol. The molecule has 1 saturated heterocycles. The average Bonchev–Trinajstić information content (AvgIpc) is 3.13. The Morgan fingerprint density at radius 3 is 3.11 bits per heavy atom. The first-order valence-corrected chi connectivity index (χ1v) is 7.41. The third-order valence-electron chi connectivity index (χ3n) is 4.46. The van der Waals surface area contributed by atoms with Crippen LogP contribution in [0.1, 0.15) is 37.3 Å². The van der Waals surface area contributed by atoms with E-state index in [0.717, 1.165) is 17.0 Å². The first kappa shape index (κ1) is 11.4. The van der Waals surface area contributed by atoms with Gasteiger partial charge < -0.3 is 4.90 Å². The lowest BCUT2D eigenvalue weighted by molar-refractivity contribution is 0.199. The van der Waals surface area contributed by atoms with E-state index in [4.69, 9.17) is 4.98 Å². The van der Waals surface area contributed by atoms with Crippen molar-refractivity contribution in [3.05, 3.63) is 24.0 Å². The van der Waals surface area contributed by atoms with Gasteiger partial charge in [-0.2, -0.15) is 5.10 Å². The fraction of sp³-hybridized carbons (Fsp3) is 0.600. The van der Waals surface area contributed by atoms with Gasteiger partial charge in [-0.3, -0.25) is 5.10 Å². The maximum Gasteiger partial charge on any atom is 0.155 e. The molecule has 2 fully saturated rings. The lowest BCUT2D eigenvalue weighted by atomic mass is 9.94. The first-order chi connectivity index (χ1) is 9.38. The maximum atomic E-state index is 4.74. The molecule has 19 heavy (non-hydrogen) atoms. The van der Waals surface area contributed by atoms with Crippen LogP contribution in [0.25, 0.3) is 11.0 Å². The number of aromatic amines is 1. The monoisotopic (exact) mass is 256 g/mol. The molecule has 0 spiro atoms. The van der Waals surface area contributed by atoms with Gasteiger partial charge >= 0.3 is 0 Å². The molecule has 4 nitrogen and oxygen atoms in total. The van der Waals surface area contributed by atoms with E-state index in [2.05, 4.69) is 27.2 Å². The van der Waals surface area contributed by atoms with Gasteiger partial charge in [-0.05, 0) is 50.3 Å². The Morgan fingerprint density at radius 2 is 2.21 bits per heavy atom. The normalized spacial score (nSPS) is 24.9. The van der Waals surface area contributed by atoms with E-state index in [-0.39, 0.29) is 0 Å². The number of piperidine rings is 1. The molecule has 0 aromatic carbocycles. The van der Waals surface area contributed by atoms with Crippen LogP contribution in [0.3, 0.4) is 0 Å². The second-order valence-electron chi connectivity index (χ2n) is 6.09. The summed E-state index contributed by atoms with van der Waals surface area (Å²) >= 11 is 0. The summed E-state index contributed by atoms with van der Waals surface area (Å²) in [5.74, 6) is 1.59. The van der Waals surface area contributed by atoms with Crippen LogP contribution in [-0.2, 0) is 0 Å². The molecule has 1 atom stereocenters. The van der Waals surface area contributed by atoms with Crippen molar-refractivity contribution in [1.29, 1.82) is 0 Å². The summed E-state index contributed by atoms with van der Waals surface area (Å²) in [7, 11) is 0. The molecule has 3 heterocycles. The number of aromatic nitrogens is 3. The molecule has 2 aromatic heterocycles. The fourth-order valence-corrected chi connectivity index (χ4v) is 3.20. The molecule has 2 aromatic rings. The van der Waals surface area contributed by atoms with Crippen LogP contribution in [0, 0.1) is 5.92 Å². The number of nitrogens with one attached hydrogen (secondary N) is 1. The number of hydrogen-bond donors (Lipinski definition) is 1. The van der Waals surface area contributed by atoms with Gasteiger partial charge in [-0.15, -0.1) is 0 Å². The second kappa shape index (κ2) is 4.60. The highest BCUT2D eigenvalue weighted by Crippen LogP contribution is 2.33. The van der Waals surface area contributed by atoms with E-state index < -0.39 is 0 Å². The Balaban J connectivity index is 1.52. The highest BCUT2D eigenvalue weighted by Gasteiger charge is 2.28. The predicted molar refractivity (Wildman–Crippen MR) is 75.0 cm³/mol. The molecule has 0 radical (unpaired) electrons. The number of nitrogens with zero attached hydrogens (tertiary/aromatic N) is 3. The molecule has 100 valence electrons. The van der Waals surface area contributed by atoms with E-state index >= 15 is 0 Å². The maximum absolute atomic E-state index is 4.74. The lowest BCUT2D eigenvalue weighted by Gasteiger charge is -2.32. The van der Waals surface area contributed by atoms with Crippen LogP contribution >= 0.6 is 0 Å². The summed E-state index contributed by atoms with van der Waals surface area (Å²) in [5, 5.41) is 8.14. The highest BCUT2D eigenvalue weighted by atomic mass is 15.1. The SMILES string of the molecule is c1cc2cn[nH]c2nc1C1CCCN(CC2CC2)C1. The third-order valence-corrected chi connectivity index (χ3v) is 4.46. The molecule has 4 rings (SSSR count). The number of rotatable bonds is 3. The molecule has 1 aliphatic heterocycles. The van der Waals surface area contributed by atoms with E-state index in [1.165, 1.54) is 51.0 Å². The summed E-state index contributed by atoms with van der Waals surface area (Å²) in [5.41, 5.74) is 2.16. The predicted octanol–water partition coefficient (Wildman–Crippen LogP) is 2.55. The smallest absolute Gasteiger partial charge is 0.155 e. The van der Waals surface area contributed by atoms with Crippen molar-refractivity contribution in [3.63, 3.8) is 0 Å².